The number of nitrogens with one attached hydrogen (secondary N) is 1. The summed E-state index contributed by atoms with van der Waals surface area (Å²) >= 11 is 0. The highest BCUT2D eigenvalue weighted by Gasteiger charge is 2.28. The highest BCUT2D eigenvalue weighted by molar-refractivity contribution is 5.92. The van der Waals surface area contributed by atoms with Crippen LogP contribution in [0.1, 0.15) is 23.1 Å². The molecule has 2 aromatic rings. The third kappa shape index (κ3) is 2.23. The fourth-order valence-electron chi connectivity index (χ4n) is 2.91. The van der Waals surface area contributed by atoms with Gasteiger partial charge in [-0.15, -0.1) is 0 Å². The van der Waals surface area contributed by atoms with Gasteiger partial charge in [0.05, 0.1) is 0 Å². The fraction of sp³-hybridized carbons (Fsp3) is 0.400. The van der Waals surface area contributed by atoms with Crippen LogP contribution in [0.2, 0.25) is 0 Å². The molecule has 2 heterocycles. The summed E-state index contributed by atoms with van der Waals surface area (Å²) in [7, 11) is 0. The van der Waals surface area contributed by atoms with Crippen molar-refractivity contribution in [3.05, 3.63) is 40.0 Å². The van der Waals surface area contributed by atoms with Crippen molar-refractivity contribution < 1.29 is 14.3 Å². The van der Waals surface area contributed by atoms with Gasteiger partial charge in [-0.1, -0.05) is 0 Å². The van der Waals surface area contributed by atoms with Crippen molar-refractivity contribution >= 4 is 22.5 Å². The van der Waals surface area contributed by atoms with E-state index in [0.717, 1.165) is 31.9 Å². The molecule has 7 heteroatoms. The summed E-state index contributed by atoms with van der Waals surface area (Å²) in [6.07, 6.45) is 0. The number of Topliss-reactive ketones (excluding diaryl/α,β-unsaturated/α-hetero) is 1. The van der Waals surface area contributed by atoms with Gasteiger partial charge in [0.1, 0.15) is 0 Å². The van der Waals surface area contributed by atoms with Crippen molar-refractivity contribution in [3.63, 3.8) is 0 Å². The predicted octanol–water partition coefficient (Wildman–Crippen LogP) is 0.0272. The van der Waals surface area contributed by atoms with Crippen molar-refractivity contribution in [1.82, 2.24) is 5.32 Å². The number of carbonyl (C=O) groups excluding carboxylic acids is 1. The monoisotopic (exact) mass is 302 g/mol. The van der Waals surface area contributed by atoms with Crippen LogP contribution in [0.15, 0.2) is 18.2 Å². The zero-order valence-corrected chi connectivity index (χ0v) is 12.6. The van der Waals surface area contributed by atoms with Gasteiger partial charge in [-0.3, -0.25) is 4.79 Å². The fourth-order valence-corrected chi connectivity index (χ4v) is 2.91. The predicted molar refractivity (Wildman–Crippen MR) is 81.7 cm³/mol. The van der Waals surface area contributed by atoms with Crippen LogP contribution in [-0.4, -0.2) is 32.0 Å². The molecule has 1 saturated heterocycles. The molecule has 0 spiro atoms. The average molecular weight is 302 g/mol. The zero-order valence-electron chi connectivity index (χ0n) is 12.6. The molecule has 1 aliphatic rings. The van der Waals surface area contributed by atoms with Crippen LogP contribution in [0.3, 0.4) is 0 Å². The summed E-state index contributed by atoms with van der Waals surface area (Å²) in [6.45, 7) is 6.27. The van der Waals surface area contributed by atoms with Gasteiger partial charge in [-0.2, -0.15) is 9.46 Å². The van der Waals surface area contributed by atoms with Crippen LogP contribution in [0.5, 0.6) is 0 Å². The van der Waals surface area contributed by atoms with Crippen LogP contribution in [0, 0.1) is 17.3 Å². The molecule has 1 aromatic carbocycles. The first kappa shape index (κ1) is 14.5. The SMILES string of the molecule is CC(=O)c1c(C)[n+]([O-])c2cc(N3CCNCC3)ccc2[n+]1[O-]. The van der Waals surface area contributed by atoms with Crippen molar-refractivity contribution in [2.45, 2.75) is 13.8 Å². The Morgan fingerprint density at radius 1 is 1.18 bits per heavy atom. The Labute approximate surface area is 127 Å². The standard InChI is InChI=1S/C15H18N4O3/c1-10-15(11(2)20)19(22)13-4-3-12(9-14(13)18(10)21)17-7-5-16-6-8-17/h3-4,9,16H,5-8H2,1-2H3. The summed E-state index contributed by atoms with van der Waals surface area (Å²) in [4.78, 5) is 13.8. The maximum atomic E-state index is 12.4. The van der Waals surface area contributed by atoms with E-state index in [-0.39, 0.29) is 22.4 Å². The largest absolute Gasteiger partial charge is 0.618 e. The second-order valence-electron chi connectivity index (χ2n) is 5.49. The van der Waals surface area contributed by atoms with Gasteiger partial charge in [0.15, 0.2) is 0 Å². The van der Waals surface area contributed by atoms with E-state index < -0.39 is 5.78 Å². The van der Waals surface area contributed by atoms with Gasteiger partial charge in [-0.05, 0) is 6.07 Å². The van der Waals surface area contributed by atoms with E-state index in [1.54, 1.807) is 12.1 Å². The number of hydrogen-bond donors (Lipinski definition) is 1. The molecule has 22 heavy (non-hydrogen) atoms. The molecule has 0 amide bonds. The first-order valence-electron chi connectivity index (χ1n) is 7.26. The first-order valence-corrected chi connectivity index (χ1v) is 7.26. The van der Waals surface area contributed by atoms with Crippen molar-refractivity contribution in [2.75, 3.05) is 31.1 Å². The Kier molecular flexibility index (Phi) is 3.58. The minimum absolute atomic E-state index is 0.0996. The molecule has 1 fully saturated rings. The normalized spacial score (nSPS) is 15.3. The summed E-state index contributed by atoms with van der Waals surface area (Å²) in [5.74, 6) is -0.412. The van der Waals surface area contributed by atoms with Crippen LogP contribution >= 0.6 is 0 Å². The molecular formula is C15H18N4O3. The van der Waals surface area contributed by atoms with Crippen molar-refractivity contribution in [2.24, 2.45) is 0 Å². The number of aromatic nitrogens is 2. The van der Waals surface area contributed by atoms with Crippen LogP contribution in [0.4, 0.5) is 5.69 Å². The molecule has 0 unspecified atom stereocenters. The van der Waals surface area contributed by atoms with Gasteiger partial charge in [0.2, 0.25) is 5.78 Å². The number of piperazine rings is 1. The highest BCUT2D eigenvalue weighted by atomic mass is 16.5. The lowest BCUT2D eigenvalue weighted by atomic mass is 10.2. The maximum Gasteiger partial charge on any atom is 0.328 e. The van der Waals surface area contributed by atoms with E-state index in [1.165, 1.54) is 13.8 Å². The highest BCUT2D eigenvalue weighted by Crippen LogP contribution is 2.19. The van der Waals surface area contributed by atoms with Gasteiger partial charge >= 0.3 is 5.69 Å². The second kappa shape index (κ2) is 5.42. The molecular weight excluding hydrogens is 284 g/mol. The molecule has 1 N–H and O–H groups in total. The lowest BCUT2D eigenvalue weighted by molar-refractivity contribution is -0.635. The zero-order chi connectivity index (χ0) is 15.9. The van der Waals surface area contributed by atoms with E-state index in [9.17, 15) is 15.2 Å². The van der Waals surface area contributed by atoms with Gasteiger partial charge in [0, 0.05) is 57.8 Å². The van der Waals surface area contributed by atoms with Gasteiger partial charge in [0.25, 0.3) is 16.7 Å². The average Bonchev–Trinajstić information content (AvgIpc) is 2.53. The Balaban J connectivity index is 2.18. The van der Waals surface area contributed by atoms with E-state index in [0.29, 0.717) is 9.46 Å². The molecule has 7 nitrogen and oxygen atoms in total. The molecule has 0 saturated carbocycles. The Bertz CT molecular complexity index is 754. The minimum Gasteiger partial charge on any atom is -0.618 e. The lowest BCUT2D eigenvalue weighted by Gasteiger charge is -2.29. The molecule has 0 atom stereocenters. The minimum atomic E-state index is -0.412. The number of hydrogen-bond acceptors (Lipinski definition) is 5. The molecule has 1 aliphatic heterocycles. The van der Waals surface area contributed by atoms with E-state index in [1.807, 2.05) is 6.07 Å². The van der Waals surface area contributed by atoms with E-state index in [4.69, 9.17) is 0 Å². The molecule has 0 aliphatic carbocycles. The number of carbonyl (C=O) groups is 1. The number of ketones is 1. The molecule has 0 bridgehead atoms. The number of benzene rings is 1. The van der Waals surface area contributed by atoms with E-state index in [2.05, 4.69) is 10.2 Å². The summed E-state index contributed by atoms with van der Waals surface area (Å²) < 4.78 is 1.23. The Hall–Kier alpha value is -2.41. The van der Waals surface area contributed by atoms with E-state index >= 15 is 0 Å². The van der Waals surface area contributed by atoms with Gasteiger partial charge < -0.3 is 20.6 Å². The van der Waals surface area contributed by atoms with Gasteiger partial charge in [-0.25, -0.2) is 0 Å². The molecule has 116 valence electrons. The van der Waals surface area contributed by atoms with Crippen LogP contribution in [0.25, 0.3) is 11.0 Å². The Morgan fingerprint density at radius 2 is 1.86 bits per heavy atom. The molecule has 3 rings (SSSR count). The lowest BCUT2D eigenvalue weighted by Crippen LogP contribution is -2.46. The van der Waals surface area contributed by atoms with Crippen LogP contribution in [-0.2, 0) is 0 Å². The quantitative estimate of drug-likeness (QED) is 0.480. The first-order chi connectivity index (χ1) is 10.5. The number of anilines is 1. The van der Waals surface area contributed by atoms with Crippen LogP contribution < -0.4 is 19.7 Å². The summed E-state index contributed by atoms with van der Waals surface area (Å²) in [6, 6.07) is 5.15. The number of rotatable bonds is 2. The third-order valence-corrected chi connectivity index (χ3v) is 4.06. The summed E-state index contributed by atoms with van der Waals surface area (Å²) in [5, 5.41) is 28.0. The smallest absolute Gasteiger partial charge is 0.328 e. The van der Waals surface area contributed by atoms with Crippen molar-refractivity contribution in [1.29, 1.82) is 0 Å². The summed E-state index contributed by atoms with van der Waals surface area (Å²) in [5.41, 5.74) is 1.44. The maximum absolute atomic E-state index is 12.4. The molecule has 1 aromatic heterocycles. The number of nitrogens with zero attached hydrogens (tertiary/aromatic N) is 3. The third-order valence-electron chi connectivity index (χ3n) is 4.06. The topological polar surface area (TPSA) is 86.2 Å². The number of fused-ring (bicyclic) bond motifs is 1. The Morgan fingerprint density at radius 3 is 2.50 bits per heavy atom. The molecule has 0 radical (unpaired) electrons. The van der Waals surface area contributed by atoms with Crippen molar-refractivity contribution in [3.8, 4) is 0 Å². The second-order valence-corrected chi connectivity index (χ2v) is 5.49.